The van der Waals surface area contributed by atoms with Gasteiger partial charge in [-0.1, -0.05) is 6.58 Å². The fraction of sp³-hybridized carbons (Fsp3) is 0.217. The van der Waals surface area contributed by atoms with E-state index in [0.717, 1.165) is 23.8 Å². The number of ketones is 1. The molecule has 2 heterocycles. The van der Waals surface area contributed by atoms with Gasteiger partial charge < -0.3 is 20.1 Å². The Morgan fingerprint density at radius 3 is 2.50 bits per heavy atom. The lowest BCUT2D eigenvalue weighted by atomic mass is 10.1. The smallest absolute Gasteiger partial charge is 0.481 e. The van der Waals surface area contributed by atoms with E-state index in [9.17, 15) is 18.0 Å². The maximum atomic E-state index is 12.6. The van der Waals surface area contributed by atoms with Gasteiger partial charge in [0, 0.05) is 36.1 Å². The zero-order chi connectivity index (χ0) is 24.9. The van der Waals surface area contributed by atoms with Crippen LogP contribution >= 0.6 is 0 Å². The summed E-state index contributed by atoms with van der Waals surface area (Å²) < 4.78 is 47.1. The Kier molecular flexibility index (Phi) is 7.34. The van der Waals surface area contributed by atoms with Crippen molar-refractivity contribution in [1.82, 2.24) is 15.0 Å². The van der Waals surface area contributed by atoms with Gasteiger partial charge in [0.25, 0.3) is 0 Å². The van der Waals surface area contributed by atoms with Crippen molar-refractivity contribution < 1.29 is 27.4 Å². The van der Waals surface area contributed by atoms with Gasteiger partial charge in [0.1, 0.15) is 11.6 Å². The molecule has 0 fully saturated rings. The molecule has 0 aliphatic heterocycles. The molecule has 11 heteroatoms. The summed E-state index contributed by atoms with van der Waals surface area (Å²) in [6, 6.07) is 5.39. The number of alkyl halides is 3. The molecule has 0 aliphatic rings. The van der Waals surface area contributed by atoms with Gasteiger partial charge in [-0.25, -0.2) is 9.97 Å². The average molecular weight is 473 g/mol. The Morgan fingerprint density at radius 2 is 1.82 bits per heavy atom. The molecule has 2 aromatic heterocycles. The van der Waals surface area contributed by atoms with E-state index >= 15 is 0 Å². The lowest BCUT2D eigenvalue weighted by Gasteiger charge is -2.16. The number of methoxy groups -OCH3 is 1. The lowest BCUT2D eigenvalue weighted by Crippen LogP contribution is -2.17. The van der Waals surface area contributed by atoms with Gasteiger partial charge >= 0.3 is 6.36 Å². The van der Waals surface area contributed by atoms with Gasteiger partial charge in [0.15, 0.2) is 5.78 Å². The highest BCUT2D eigenvalue weighted by molar-refractivity contribution is 5.92. The number of hydrogen-bond acceptors (Lipinski definition) is 8. The van der Waals surface area contributed by atoms with Gasteiger partial charge in [-0.3, -0.25) is 4.79 Å². The second-order valence-corrected chi connectivity index (χ2v) is 7.23. The number of allylic oxidation sites excluding steroid dienone is 1. The standard InChI is InChI=1S/C23H22F3N5O3/c1-5-16(32)8-15-9-17(34-23(24,25)26)6-7-18(15)29-21-14(3)12-28-22(31-21)30-19-10-20(33-4)27-11-13(19)2/h5-7,9-12H,1,8H2,2-4H3,(H2,27,28,29,30,31). The zero-order valence-corrected chi connectivity index (χ0v) is 18.7. The molecule has 0 bridgehead atoms. The quantitative estimate of drug-likeness (QED) is 0.410. The molecule has 3 aromatic rings. The van der Waals surface area contributed by atoms with Crippen molar-refractivity contribution in [3.05, 3.63) is 66.0 Å². The summed E-state index contributed by atoms with van der Waals surface area (Å²) in [5, 5.41) is 6.17. The van der Waals surface area contributed by atoms with Crippen molar-refractivity contribution in [2.75, 3.05) is 17.7 Å². The molecule has 0 atom stereocenters. The molecule has 34 heavy (non-hydrogen) atoms. The van der Waals surface area contributed by atoms with Crippen LogP contribution in [0.25, 0.3) is 0 Å². The fourth-order valence-corrected chi connectivity index (χ4v) is 2.92. The topological polar surface area (TPSA) is 98.3 Å². The third kappa shape index (κ3) is 6.44. The molecule has 3 rings (SSSR count). The average Bonchev–Trinajstić information content (AvgIpc) is 2.78. The summed E-state index contributed by atoms with van der Waals surface area (Å²) in [4.78, 5) is 24.8. The Bertz CT molecular complexity index is 1210. The lowest BCUT2D eigenvalue weighted by molar-refractivity contribution is -0.274. The monoisotopic (exact) mass is 473 g/mol. The Morgan fingerprint density at radius 1 is 1.09 bits per heavy atom. The van der Waals surface area contributed by atoms with Crippen LogP contribution < -0.4 is 20.1 Å². The van der Waals surface area contributed by atoms with Gasteiger partial charge in [-0.2, -0.15) is 4.98 Å². The zero-order valence-electron chi connectivity index (χ0n) is 18.7. The van der Waals surface area contributed by atoms with Gasteiger partial charge in [0.05, 0.1) is 12.8 Å². The second-order valence-electron chi connectivity index (χ2n) is 7.23. The molecule has 0 radical (unpaired) electrons. The minimum Gasteiger partial charge on any atom is -0.481 e. The number of ether oxygens (including phenoxy) is 2. The number of nitrogens with one attached hydrogen (secondary N) is 2. The van der Waals surface area contributed by atoms with Crippen molar-refractivity contribution >= 4 is 28.9 Å². The molecule has 0 aliphatic carbocycles. The largest absolute Gasteiger partial charge is 0.573 e. The summed E-state index contributed by atoms with van der Waals surface area (Å²) in [6.07, 6.45) is -0.703. The molecule has 0 amide bonds. The van der Waals surface area contributed by atoms with Crippen LogP contribution in [0.15, 0.2) is 49.3 Å². The molecular formula is C23H22F3N5O3. The van der Waals surface area contributed by atoms with Crippen molar-refractivity contribution in [3.63, 3.8) is 0 Å². The number of hydrogen-bond donors (Lipinski definition) is 2. The molecule has 178 valence electrons. The first kappa shape index (κ1) is 24.5. The molecule has 1 aromatic carbocycles. The number of halogens is 3. The minimum atomic E-state index is -4.85. The van der Waals surface area contributed by atoms with Crippen molar-refractivity contribution in [2.24, 2.45) is 0 Å². The third-order valence-electron chi connectivity index (χ3n) is 4.66. The molecule has 0 saturated carbocycles. The van der Waals surface area contributed by atoms with E-state index in [1.165, 1.54) is 13.2 Å². The normalized spacial score (nSPS) is 11.0. The number of aromatic nitrogens is 3. The summed E-state index contributed by atoms with van der Waals surface area (Å²) in [6.45, 7) is 7.04. The molecule has 0 saturated heterocycles. The van der Waals surface area contributed by atoms with Crippen LogP contribution in [-0.4, -0.2) is 34.2 Å². The van der Waals surface area contributed by atoms with E-state index in [0.29, 0.717) is 28.6 Å². The first-order chi connectivity index (χ1) is 16.1. The van der Waals surface area contributed by atoms with Crippen LogP contribution in [0.4, 0.5) is 36.3 Å². The van der Waals surface area contributed by atoms with E-state index in [1.54, 1.807) is 25.4 Å². The number of carbonyl (C=O) groups excluding carboxylic acids is 1. The number of anilines is 4. The minimum absolute atomic E-state index is 0.174. The summed E-state index contributed by atoms with van der Waals surface area (Å²) >= 11 is 0. The SMILES string of the molecule is C=CC(=O)Cc1cc(OC(F)(F)F)ccc1Nc1nc(Nc2cc(OC)ncc2C)ncc1C. The van der Waals surface area contributed by atoms with Crippen LogP contribution in [-0.2, 0) is 11.2 Å². The van der Waals surface area contributed by atoms with Crippen molar-refractivity contribution in [2.45, 2.75) is 26.6 Å². The molecule has 8 nitrogen and oxygen atoms in total. The van der Waals surface area contributed by atoms with E-state index in [1.807, 2.05) is 6.92 Å². The highest BCUT2D eigenvalue weighted by Gasteiger charge is 2.31. The van der Waals surface area contributed by atoms with Crippen LogP contribution in [0.2, 0.25) is 0 Å². The number of pyridine rings is 1. The number of nitrogens with zero attached hydrogens (tertiary/aromatic N) is 3. The number of rotatable bonds is 9. The van der Waals surface area contributed by atoms with Crippen molar-refractivity contribution in [3.8, 4) is 11.6 Å². The third-order valence-corrected chi connectivity index (χ3v) is 4.66. The number of benzene rings is 1. The van der Waals surface area contributed by atoms with E-state index in [-0.39, 0.29) is 23.7 Å². The first-order valence-corrected chi connectivity index (χ1v) is 10.00. The summed E-state index contributed by atoms with van der Waals surface area (Å²) in [5.74, 6) is 0.277. The van der Waals surface area contributed by atoms with Gasteiger partial charge in [0.2, 0.25) is 11.8 Å². The van der Waals surface area contributed by atoms with Crippen LogP contribution in [0.3, 0.4) is 0 Å². The summed E-state index contributed by atoms with van der Waals surface area (Å²) in [5.41, 5.74) is 2.87. The molecular weight excluding hydrogens is 451 g/mol. The Labute approximate surface area is 193 Å². The van der Waals surface area contributed by atoms with E-state index in [4.69, 9.17) is 4.74 Å². The Hall–Kier alpha value is -4.15. The first-order valence-electron chi connectivity index (χ1n) is 10.00. The number of carbonyl (C=O) groups is 1. The van der Waals surface area contributed by atoms with E-state index < -0.39 is 12.1 Å². The van der Waals surface area contributed by atoms with Crippen LogP contribution in [0.5, 0.6) is 11.6 Å². The molecule has 0 spiro atoms. The summed E-state index contributed by atoms with van der Waals surface area (Å²) in [7, 11) is 1.51. The molecule has 0 unspecified atom stereocenters. The van der Waals surface area contributed by atoms with Crippen LogP contribution in [0.1, 0.15) is 16.7 Å². The number of aryl methyl sites for hydroxylation is 2. The molecule has 2 N–H and O–H groups in total. The highest BCUT2D eigenvalue weighted by atomic mass is 19.4. The fourth-order valence-electron chi connectivity index (χ4n) is 2.92. The Balaban J connectivity index is 1.92. The van der Waals surface area contributed by atoms with E-state index in [2.05, 4.69) is 36.9 Å². The van der Waals surface area contributed by atoms with Crippen LogP contribution in [0, 0.1) is 13.8 Å². The highest BCUT2D eigenvalue weighted by Crippen LogP contribution is 2.30. The second kappa shape index (κ2) is 10.2. The maximum absolute atomic E-state index is 12.6. The van der Waals surface area contributed by atoms with Gasteiger partial charge in [-0.15, -0.1) is 13.2 Å². The predicted octanol–water partition coefficient (Wildman–Crippen LogP) is 5.18. The van der Waals surface area contributed by atoms with Crippen molar-refractivity contribution in [1.29, 1.82) is 0 Å². The maximum Gasteiger partial charge on any atom is 0.573 e. The predicted molar refractivity (Wildman–Crippen MR) is 121 cm³/mol. The van der Waals surface area contributed by atoms with Gasteiger partial charge in [-0.05, 0) is 49.2 Å².